The van der Waals surface area contributed by atoms with Crippen molar-refractivity contribution in [3.8, 4) is 5.75 Å². The smallest absolute Gasteiger partial charge is 0.182 e. The monoisotopic (exact) mass is 544 g/mol. The number of Topliss-reactive ketones (excluding diaryl/α,β-unsaturated/α-hetero) is 1. The highest BCUT2D eigenvalue weighted by Gasteiger charge is 2.38. The van der Waals surface area contributed by atoms with Gasteiger partial charge in [-0.25, -0.2) is 0 Å². The summed E-state index contributed by atoms with van der Waals surface area (Å²) in [6.45, 7) is 13.6. The lowest BCUT2D eigenvalue weighted by atomic mass is 9.78. The van der Waals surface area contributed by atoms with Gasteiger partial charge in [0.15, 0.2) is 5.78 Å². The minimum absolute atomic E-state index is 0. The SMILES string of the molecule is Br.COCC1CN(CC(=O)c2cc(C(C)(C)C)c(O)c(C(C)(C)C)c2)C(=N)C1Cc1ccccc1. The van der Waals surface area contributed by atoms with Crippen molar-refractivity contribution < 1.29 is 14.6 Å². The number of hydrogen-bond acceptors (Lipinski definition) is 4. The van der Waals surface area contributed by atoms with Gasteiger partial charge in [0.25, 0.3) is 0 Å². The highest BCUT2D eigenvalue weighted by Crippen LogP contribution is 2.40. The number of ether oxygens (including phenoxy) is 1. The number of benzene rings is 2. The summed E-state index contributed by atoms with van der Waals surface area (Å²) >= 11 is 0. The number of halogens is 1. The quantitative estimate of drug-likeness (QED) is 0.409. The van der Waals surface area contributed by atoms with E-state index >= 15 is 0 Å². The van der Waals surface area contributed by atoms with Crippen LogP contribution in [0.2, 0.25) is 0 Å². The molecule has 0 aromatic heterocycles. The third-order valence-corrected chi connectivity index (χ3v) is 6.78. The molecule has 1 heterocycles. The van der Waals surface area contributed by atoms with Gasteiger partial charge >= 0.3 is 0 Å². The Kier molecular flexibility index (Phi) is 9.34. The Morgan fingerprint density at radius 1 is 1.06 bits per heavy atom. The third-order valence-electron chi connectivity index (χ3n) is 6.78. The molecule has 0 saturated carbocycles. The predicted octanol–water partition coefficient (Wildman–Crippen LogP) is 6.16. The van der Waals surface area contributed by atoms with Crippen LogP contribution in [0, 0.1) is 17.2 Å². The number of carbonyl (C=O) groups is 1. The van der Waals surface area contributed by atoms with Crippen LogP contribution >= 0.6 is 17.0 Å². The van der Waals surface area contributed by atoms with Crippen molar-refractivity contribution in [1.29, 1.82) is 5.41 Å². The van der Waals surface area contributed by atoms with Gasteiger partial charge in [0, 0.05) is 42.2 Å². The normalized spacial score (nSPS) is 18.5. The third kappa shape index (κ3) is 6.73. The largest absolute Gasteiger partial charge is 0.507 e. The van der Waals surface area contributed by atoms with E-state index < -0.39 is 0 Å². The Bertz CT molecular complexity index is 1000. The molecule has 35 heavy (non-hydrogen) atoms. The Hall–Kier alpha value is -2.18. The van der Waals surface area contributed by atoms with Crippen LogP contribution in [-0.2, 0) is 22.0 Å². The van der Waals surface area contributed by atoms with E-state index in [2.05, 4.69) is 12.1 Å². The lowest BCUT2D eigenvalue weighted by Crippen LogP contribution is -2.33. The first-order valence-corrected chi connectivity index (χ1v) is 12.1. The molecule has 0 spiro atoms. The van der Waals surface area contributed by atoms with E-state index in [-0.39, 0.29) is 57.7 Å². The first-order valence-electron chi connectivity index (χ1n) is 12.1. The summed E-state index contributed by atoms with van der Waals surface area (Å²) in [5.74, 6) is 0.932. The summed E-state index contributed by atoms with van der Waals surface area (Å²) in [7, 11) is 1.69. The van der Waals surface area contributed by atoms with Gasteiger partial charge in [0.1, 0.15) is 11.6 Å². The van der Waals surface area contributed by atoms with Crippen LogP contribution in [0.3, 0.4) is 0 Å². The minimum Gasteiger partial charge on any atom is -0.507 e. The van der Waals surface area contributed by atoms with E-state index in [0.717, 1.165) is 17.5 Å². The summed E-state index contributed by atoms with van der Waals surface area (Å²) in [6.07, 6.45) is 0.764. The average Bonchev–Trinajstić information content (AvgIpc) is 3.02. The lowest BCUT2D eigenvalue weighted by Gasteiger charge is -2.28. The van der Waals surface area contributed by atoms with Crippen LogP contribution in [0.4, 0.5) is 0 Å². The molecular formula is C29H41BrN2O3. The maximum Gasteiger partial charge on any atom is 0.182 e. The zero-order valence-corrected chi connectivity index (χ0v) is 23.9. The molecule has 2 unspecified atom stereocenters. The Morgan fingerprint density at radius 3 is 2.09 bits per heavy atom. The summed E-state index contributed by atoms with van der Waals surface area (Å²) in [4.78, 5) is 15.4. The van der Waals surface area contributed by atoms with Crippen molar-refractivity contribution in [2.75, 3.05) is 26.8 Å². The van der Waals surface area contributed by atoms with E-state index in [1.165, 1.54) is 5.56 Å². The zero-order chi connectivity index (χ0) is 25.3. The molecule has 2 aromatic carbocycles. The van der Waals surface area contributed by atoms with Gasteiger partial charge in [-0.3, -0.25) is 10.2 Å². The van der Waals surface area contributed by atoms with Gasteiger partial charge in [-0.05, 0) is 34.9 Å². The van der Waals surface area contributed by atoms with Gasteiger partial charge < -0.3 is 14.7 Å². The van der Waals surface area contributed by atoms with Crippen molar-refractivity contribution >= 4 is 28.6 Å². The van der Waals surface area contributed by atoms with Gasteiger partial charge in [-0.2, -0.15) is 0 Å². The molecule has 6 heteroatoms. The number of rotatable bonds is 7. The first kappa shape index (κ1) is 29.1. The van der Waals surface area contributed by atoms with Gasteiger partial charge in [-0.15, -0.1) is 17.0 Å². The molecule has 1 aliphatic rings. The zero-order valence-electron chi connectivity index (χ0n) is 22.1. The minimum atomic E-state index is -0.301. The van der Waals surface area contributed by atoms with Crippen LogP contribution in [0.1, 0.15) is 68.6 Å². The number of methoxy groups -OCH3 is 1. The molecule has 192 valence electrons. The number of carbonyl (C=O) groups excluding carboxylic acids is 1. The topological polar surface area (TPSA) is 73.6 Å². The second kappa shape index (κ2) is 11.3. The van der Waals surface area contributed by atoms with Crippen LogP contribution < -0.4 is 0 Å². The molecular weight excluding hydrogens is 504 g/mol. The number of amidine groups is 1. The first-order chi connectivity index (χ1) is 15.8. The van der Waals surface area contributed by atoms with Crippen LogP contribution in [0.25, 0.3) is 0 Å². The number of aromatic hydroxyl groups is 1. The standard InChI is InChI=1S/C29H40N2O3.BrH/c1-28(2,3)23-14-20(15-24(26(23)33)29(4,5)6)25(32)17-31-16-21(18-34-7)22(27(31)30)13-19-11-9-8-10-12-19;/h8-12,14-15,21-22,30,33H,13,16-18H2,1-7H3;1H. The molecule has 1 fully saturated rings. The Labute approximate surface area is 221 Å². The fraction of sp³-hybridized carbons (Fsp3) is 0.517. The molecule has 0 aliphatic carbocycles. The number of hydrogen-bond donors (Lipinski definition) is 2. The molecule has 0 radical (unpaired) electrons. The maximum atomic E-state index is 13.5. The molecule has 0 bridgehead atoms. The molecule has 1 saturated heterocycles. The van der Waals surface area contributed by atoms with Gasteiger partial charge in [-0.1, -0.05) is 71.9 Å². The van der Waals surface area contributed by atoms with Crippen LogP contribution in [0.5, 0.6) is 5.75 Å². The summed E-state index contributed by atoms with van der Waals surface area (Å²) in [6, 6.07) is 13.9. The highest BCUT2D eigenvalue weighted by atomic mass is 79.9. The van der Waals surface area contributed by atoms with Crippen molar-refractivity contribution in [3.05, 3.63) is 64.7 Å². The Balaban J connectivity index is 0.00000432. The summed E-state index contributed by atoms with van der Waals surface area (Å²) in [5.41, 5.74) is 2.73. The van der Waals surface area contributed by atoms with Crippen LogP contribution in [0.15, 0.2) is 42.5 Å². The number of phenols is 1. The van der Waals surface area contributed by atoms with E-state index in [1.54, 1.807) is 7.11 Å². The summed E-state index contributed by atoms with van der Waals surface area (Å²) in [5, 5.41) is 19.9. The second-order valence-electron chi connectivity index (χ2n) is 11.6. The predicted molar refractivity (Wildman–Crippen MR) is 148 cm³/mol. The number of phenolic OH excluding ortho intramolecular Hbond substituents is 1. The van der Waals surface area contributed by atoms with E-state index in [0.29, 0.717) is 24.6 Å². The number of nitrogens with zero attached hydrogens (tertiary/aromatic N) is 1. The molecule has 2 N–H and O–H groups in total. The van der Waals surface area contributed by atoms with Crippen molar-refractivity contribution in [2.45, 2.75) is 58.8 Å². The average molecular weight is 546 g/mol. The molecule has 1 aliphatic heterocycles. The Morgan fingerprint density at radius 2 is 1.60 bits per heavy atom. The van der Waals surface area contributed by atoms with Crippen LogP contribution in [-0.4, -0.2) is 48.4 Å². The van der Waals surface area contributed by atoms with E-state index in [1.807, 2.05) is 76.8 Å². The lowest BCUT2D eigenvalue weighted by molar-refractivity contribution is 0.0953. The maximum absolute atomic E-state index is 13.5. The molecule has 2 atom stereocenters. The fourth-order valence-electron chi connectivity index (χ4n) is 4.83. The van der Waals surface area contributed by atoms with Crippen molar-refractivity contribution in [2.24, 2.45) is 11.8 Å². The fourth-order valence-corrected chi connectivity index (χ4v) is 4.83. The van der Waals surface area contributed by atoms with E-state index in [9.17, 15) is 9.90 Å². The highest BCUT2D eigenvalue weighted by molar-refractivity contribution is 8.93. The number of likely N-dealkylation sites (tertiary alicyclic amines) is 1. The van der Waals surface area contributed by atoms with E-state index in [4.69, 9.17) is 10.1 Å². The van der Waals surface area contributed by atoms with Crippen molar-refractivity contribution in [1.82, 2.24) is 4.90 Å². The molecule has 2 aromatic rings. The number of ketones is 1. The molecule has 0 amide bonds. The van der Waals surface area contributed by atoms with Gasteiger partial charge in [0.05, 0.1) is 13.2 Å². The van der Waals surface area contributed by atoms with Gasteiger partial charge in [0.2, 0.25) is 0 Å². The molecule has 3 rings (SSSR count). The van der Waals surface area contributed by atoms with Crippen molar-refractivity contribution in [3.63, 3.8) is 0 Å². The second-order valence-corrected chi connectivity index (χ2v) is 11.6. The number of nitrogens with one attached hydrogen (secondary N) is 1. The summed E-state index contributed by atoms with van der Waals surface area (Å²) < 4.78 is 5.46. The molecule has 5 nitrogen and oxygen atoms in total.